The van der Waals surface area contributed by atoms with E-state index in [-0.39, 0.29) is 6.61 Å². The Morgan fingerprint density at radius 3 is 2.57 bits per heavy atom. The number of methoxy groups -OCH3 is 1. The topological polar surface area (TPSA) is 77.8 Å². The van der Waals surface area contributed by atoms with Gasteiger partial charge in [0.1, 0.15) is 5.92 Å². The van der Waals surface area contributed by atoms with Gasteiger partial charge in [-0.2, -0.15) is 0 Å². The second kappa shape index (κ2) is 7.17. The summed E-state index contributed by atoms with van der Waals surface area (Å²) in [4.78, 5) is 33.4. The van der Waals surface area contributed by atoms with Gasteiger partial charge in [-0.15, -0.1) is 0 Å². The van der Waals surface area contributed by atoms with E-state index >= 15 is 0 Å². The average Bonchev–Trinajstić information content (AvgIpc) is 2.54. The minimum Gasteiger partial charge on any atom is -0.468 e. The van der Waals surface area contributed by atoms with Crippen LogP contribution in [0.3, 0.4) is 0 Å². The number of carbonyl (C=O) groups excluding carboxylic acids is 2. The molecule has 2 unspecified atom stereocenters. The van der Waals surface area contributed by atoms with E-state index < -0.39 is 23.8 Å². The number of esters is 2. The Hall–Kier alpha value is -2.50. The molecule has 23 heavy (non-hydrogen) atoms. The second-order valence-electron chi connectivity index (χ2n) is 5.21. The van der Waals surface area contributed by atoms with Gasteiger partial charge in [0.25, 0.3) is 0 Å². The highest BCUT2D eigenvalue weighted by atomic mass is 16.5. The highest BCUT2D eigenvalue weighted by molar-refractivity contribution is 6.06. The Morgan fingerprint density at radius 1 is 1.26 bits per heavy atom. The van der Waals surface area contributed by atoms with Crippen LogP contribution in [-0.2, 0) is 19.1 Å². The van der Waals surface area contributed by atoms with E-state index in [9.17, 15) is 9.59 Å². The van der Waals surface area contributed by atoms with Crippen molar-refractivity contribution in [2.75, 3.05) is 13.7 Å². The van der Waals surface area contributed by atoms with Crippen LogP contribution in [0.5, 0.6) is 0 Å². The van der Waals surface area contributed by atoms with Crippen molar-refractivity contribution in [1.29, 1.82) is 0 Å². The molecule has 0 fully saturated rings. The maximum atomic E-state index is 12.4. The molecule has 1 aromatic heterocycles. The molecule has 0 saturated heterocycles. The molecule has 0 amide bonds. The van der Waals surface area contributed by atoms with Crippen molar-refractivity contribution in [2.45, 2.75) is 26.7 Å². The van der Waals surface area contributed by atoms with Crippen molar-refractivity contribution in [1.82, 2.24) is 4.98 Å². The van der Waals surface area contributed by atoms with Crippen molar-refractivity contribution in [3.63, 3.8) is 0 Å². The van der Waals surface area contributed by atoms with E-state index in [1.807, 2.05) is 6.07 Å². The lowest BCUT2D eigenvalue weighted by atomic mass is 9.77. The molecule has 0 bridgehead atoms. The van der Waals surface area contributed by atoms with Crippen LogP contribution in [-0.4, -0.2) is 36.4 Å². The summed E-state index contributed by atoms with van der Waals surface area (Å²) >= 11 is 0. The van der Waals surface area contributed by atoms with Crippen molar-refractivity contribution in [3.05, 3.63) is 41.4 Å². The molecule has 1 aliphatic heterocycles. The Labute approximate surface area is 135 Å². The van der Waals surface area contributed by atoms with Gasteiger partial charge in [0.05, 0.1) is 25.2 Å². The zero-order valence-corrected chi connectivity index (χ0v) is 13.7. The molecule has 0 aromatic carbocycles. The van der Waals surface area contributed by atoms with Gasteiger partial charge in [0.15, 0.2) is 0 Å². The lowest BCUT2D eigenvalue weighted by Crippen LogP contribution is -2.36. The Bertz CT molecular complexity index is 664. The highest BCUT2D eigenvalue weighted by Crippen LogP contribution is 2.39. The molecule has 0 saturated carbocycles. The van der Waals surface area contributed by atoms with Crippen LogP contribution in [0.1, 0.15) is 32.4 Å². The predicted molar refractivity (Wildman–Crippen MR) is 84.9 cm³/mol. The fourth-order valence-electron chi connectivity index (χ4n) is 2.82. The normalized spacial score (nSPS) is 20.8. The highest BCUT2D eigenvalue weighted by Gasteiger charge is 2.42. The van der Waals surface area contributed by atoms with E-state index in [0.29, 0.717) is 22.7 Å². The molecule has 6 nitrogen and oxygen atoms in total. The van der Waals surface area contributed by atoms with Crippen molar-refractivity contribution < 1.29 is 19.1 Å². The number of pyridine rings is 1. The van der Waals surface area contributed by atoms with E-state index in [4.69, 9.17) is 9.47 Å². The first-order valence-corrected chi connectivity index (χ1v) is 7.43. The molecule has 2 rings (SSSR count). The summed E-state index contributed by atoms with van der Waals surface area (Å²) < 4.78 is 10.1. The van der Waals surface area contributed by atoms with Gasteiger partial charge >= 0.3 is 11.9 Å². The first-order chi connectivity index (χ1) is 11.0. The van der Waals surface area contributed by atoms with Gasteiger partial charge in [-0.1, -0.05) is 6.07 Å². The lowest BCUT2D eigenvalue weighted by Gasteiger charge is -2.30. The third kappa shape index (κ3) is 3.31. The monoisotopic (exact) mass is 316 g/mol. The van der Waals surface area contributed by atoms with Crippen LogP contribution in [0.15, 0.2) is 40.7 Å². The van der Waals surface area contributed by atoms with Crippen molar-refractivity contribution in [2.24, 2.45) is 10.9 Å². The smallest absolute Gasteiger partial charge is 0.336 e. The summed E-state index contributed by atoms with van der Waals surface area (Å²) in [5.41, 5.74) is 2.10. The third-order valence-corrected chi connectivity index (χ3v) is 3.79. The van der Waals surface area contributed by atoms with Crippen LogP contribution in [0.4, 0.5) is 0 Å². The number of rotatable bonds is 4. The summed E-state index contributed by atoms with van der Waals surface area (Å²) in [6.07, 6.45) is 1.63. The Kier molecular flexibility index (Phi) is 5.26. The number of carbonyl (C=O) groups is 2. The first kappa shape index (κ1) is 16.9. The van der Waals surface area contributed by atoms with Crippen LogP contribution in [0.25, 0.3) is 0 Å². The summed E-state index contributed by atoms with van der Waals surface area (Å²) in [5, 5.41) is 0. The summed E-state index contributed by atoms with van der Waals surface area (Å²) in [6, 6.07) is 5.38. The zero-order valence-electron chi connectivity index (χ0n) is 13.7. The molecule has 2 atom stereocenters. The molecule has 0 radical (unpaired) electrons. The van der Waals surface area contributed by atoms with E-state index in [1.165, 1.54) is 7.11 Å². The van der Waals surface area contributed by atoms with E-state index in [0.717, 1.165) is 0 Å². The van der Waals surface area contributed by atoms with Gasteiger partial charge < -0.3 is 9.47 Å². The zero-order chi connectivity index (χ0) is 17.0. The largest absolute Gasteiger partial charge is 0.468 e. The molecule has 0 spiro atoms. The number of hydrogen-bond acceptors (Lipinski definition) is 6. The SMILES string of the molecule is CCOC(=O)C1=C(C)N=C(C)C(C(=O)OC)C1c1ccccn1. The van der Waals surface area contributed by atoms with Gasteiger partial charge in [-0.3, -0.25) is 14.8 Å². The Morgan fingerprint density at radius 2 is 2.00 bits per heavy atom. The summed E-state index contributed by atoms with van der Waals surface area (Å²) in [5.74, 6) is -2.19. The van der Waals surface area contributed by atoms with Crippen molar-refractivity contribution in [3.8, 4) is 0 Å². The molecule has 1 aliphatic rings. The number of nitrogens with zero attached hydrogens (tertiary/aromatic N) is 2. The molecule has 6 heteroatoms. The predicted octanol–water partition coefficient (Wildman–Crippen LogP) is 2.27. The van der Waals surface area contributed by atoms with Crippen LogP contribution >= 0.6 is 0 Å². The standard InChI is InChI=1S/C17H20N2O4/c1-5-23-17(21)14-11(3)19-10(2)13(16(20)22-4)15(14)12-8-6-7-9-18-12/h6-9,13,15H,5H2,1-4H3. The maximum absolute atomic E-state index is 12.4. The maximum Gasteiger partial charge on any atom is 0.336 e. The molecule has 122 valence electrons. The number of aromatic nitrogens is 1. The molecule has 0 N–H and O–H groups in total. The molecule has 0 aliphatic carbocycles. The number of hydrogen-bond donors (Lipinski definition) is 0. The second-order valence-corrected chi connectivity index (χ2v) is 5.21. The van der Waals surface area contributed by atoms with E-state index in [1.54, 1.807) is 39.1 Å². The molecule has 2 heterocycles. The fraction of sp³-hybridized carbons (Fsp3) is 0.412. The van der Waals surface area contributed by atoms with Gasteiger partial charge in [-0.05, 0) is 32.9 Å². The number of allylic oxidation sites excluding steroid dienone is 1. The minimum atomic E-state index is -0.696. The van der Waals surface area contributed by atoms with Gasteiger partial charge in [0.2, 0.25) is 0 Å². The lowest BCUT2D eigenvalue weighted by molar-refractivity contribution is -0.144. The summed E-state index contributed by atoms with van der Waals surface area (Å²) in [6.45, 7) is 5.47. The Balaban J connectivity index is 2.61. The third-order valence-electron chi connectivity index (χ3n) is 3.79. The number of aliphatic imine (C=N–C) groups is 1. The molecular formula is C17H20N2O4. The first-order valence-electron chi connectivity index (χ1n) is 7.43. The molecular weight excluding hydrogens is 296 g/mol. The fourth-order valence-corrected chi connectivity index (χ4v) is 2.82. The van der Waals surface area contributed by atoms with E-state index in [2.05, 4.69) is 9.98 Å². The minimum absolute atomic E-state index is 0.246. The van der Waals surface area contributed by atoms with Crippen LogP contribution < -0.4 is 0 Å². The van der Waals surface area contributed by atoms with Crippen molar-refractivity contribution >= 4 is 17.7 Å². The van der Waals surface area contributed by atoms with Gasteiger partial charge in [0, 0.05) is 23.3 Å². The van der Waals surface area contributed by atoms with Gasteiger partial charge in [-0.25, -0.2) is 4.79 Å². The number of ether oxygens (including phenoxy) is 2. The summed E-state index contributed by atoms with van der Waals surface area (Å²) in [7, 11) is 1.32. The van der Waals surface area contributed by atoms with Crippen LogP contribution in [0, 0.1) is 5.92 Å². The quantitative estimate of drug-likeness (QED) is 0.796. The average molecular weight is 316 g/mol. The van der Waals surface area contributed by atoms with Crippen LogP contribution in [0.2, 0.25) is 0 Å². The molecule has 1 aromatic rings.